The molecule has 6 heteroatoms. The highest BCUT2D eigenvalue weighted by molar-refractivity contribution is 7.89. The monoisotopic (exact) mass is 337 g/mol. The van der Waals surface area contributed by atoms with Gasteiger partial charge in [0.2, 0.25) is 10.0 Å². The highest BCUT2D eigenvalue weighted by Crippen LogP contribution is 2.09. The smallest absolute Gasteiger partial charge is 0.240 e. The van der Waals surface area contributed by atoms with Gasteiger partial charge in [-0.05, 0) is 50.2 Å². The Labute approximate surface area is 140 Å². The summed E-state index contributed by atoms with van der Waals surface area (Å²) in [5.41, 5.74) is 0.453. The van der Waals surface area contributed by atoms with Crippen LogP contribution in [-0.4, -0.2) is 39.5 Å². The number of nitrogens with one attached hydrogen (secondary N) is 1. The third-order valence-corrected chi connectivity index (χ3v) is 5.15. The van der Waals surface area contributed by atoms with Crippen LogP contribution in [0.25, 0.3) is 0 Å². The molecule has 128 valence electrons. The van der Waals surface area contributed by atoms with Gasteiger partial charge in [0.1, 0.15) is 0 Å². The van der Waals surface area contributed by atoms with Crippen LogP contribution in [0.3, 0.4) is 0 Å². The Hall–Kier alpha value is -1.42. The van der Waals surface area contributed by atoms with Gasteiger partial charge in [-0.25, -0.2) is 13.1 Å². The topological polar surface area (TPSA) is 73.2 Å². The highest BCUT2D eigenvalue weighted by Gasteiger charge is 2.14. The van der Waals surface area contributed by atoms with E-state index in [0.717, 1.165) is 45.3 Å². The Bertz CT molecular complexity index is 583. The average Bonchev–Trinajstić information content (AvgIpc) is 2.56. The third-order valence-electron chi connectivity index (χ3n) is 3.67. The van der Waals surface area contributed by atoms with E-state index in [9.17, 15) is 8.42 Å². The lowest BCUT2D eigenvalue weighted by atomic mass is 10.2. The predicted molar refractivity (Wildman–Crippen MR) is 92.6 cm³/mol. The maximum Gasteiger partial charge on any atom is 0.240 e. The minimum absolute atomic E-state index is 0.199. The molecule has 1 N–H and O–H groups in total. The molecule has 1 aromatic rings. The van der Waals surface area contributed by atoms with Crippen molar-refractivity contribution in [1.82, 2.24) is 9.62 Å². The van der Waals surface area contributed by atoms with Crippen LogP contribution in [0.15, 0.2) is 29.2 Å². The summed E-state index contributed by atoms with van der Waals surface area (Å²) in [5, 5.41) is 8.75. The van der Waals surface area contributed by atoms with Crippen LogP contribution >= 0.6 is 0 Å². The fourth-order valence-electron chi connectivity index (χ4n) is 2.23. The molecular formula is C17H27N3O2S. The Balaban J connectivity index is 2.54. The average molecular weight is 337 g/mol. The molecule has 0 spiro atoms. The van der Waals surface area contributed by atoms with E-state index in [-0.39, 0.29) is 4.90 Å². The summed E-state index contributed by atoms with van der Waals surface area (Å²) in [6, 6.07) is 7.95. The number of sulfonamides is 1. The zero-order valence-corrected chi connectivity index (χ0v) is 14.9. The standard InChI is InChI=1S/C17H27N3O2S/c1-3-5-12-20(13-6-4-2)14-11-19-23(21,22)17-9-7-16(15-18)8-10-17/h7-10,19H,3-6,11-14H2,1-2H3. The fraction of sp³-hybridized carbons (Fsp3) is 0.588. The summed E-state index contributed by atoms with van der Waals surface area (Å²) in [4.78, 5) is 2.51. The first-order valence-electron chi connectivity index (χ1n) is 8.25. The zero-order valence-electron chi connectivity index (χ0n) is 14.1. The van der Waals surface area contributed by atoms with E-state index < -0.39 is 10.0 Å². The van der Waals surface area contributed by atoms with Crippen LogP contribution in [0.5, 0.6) is 0 Å². The molecule has 0 radical (unpaired) electrons. The molecule has 0 saturated carbocycles. The van der Waals surface area contributed by atoms with E-state index in [1.54, 1.807) is 0 Å². The first-order valence-corrected chi connectivity index (χ1v) is 9.74. The van der Waals surface area contributed by atoms with Crippen molar-refractivity contribution < 1.29 is 8.42 Å². The van der Waals surface area contributed by atoms with Crippen LogP contribution in [0.2, 0.25) is 0 Å². The van der Waals surface area contributed by atoms with Crippen molar-refractivity contribution in [1.29, 1.82) is 5.26 Å². The minimum atomic E-state index is -3.51. The van der Waals surface area contributed by atoms with Gasteiger partial charge in [-0.3, -0.25) is 0 Å². The maximum atomic E-state index is 12.2. The molecule has 1 rings (SSSR count). The molecule has 0 fully saturated rings. The van der Waals surface area contributed by atoms with Crippen LogP contribution in [0.1, 0.15) is 45.1 Å². The van der Waals surface area contributed by atoms with Crippen molar-refractivity contribution in [3.8, 4) is 6.07 Å². The molecule has 1 aromatic carbocycles. The van der Waals surface area contributed by atoms with Crippen molar-refractivity contribution in [3.63, 3.8) is 0 Å². The molecule has 0 aliphatic heterocycles. The highest BCUT2D eigenvalue weighted by atomic mass is 32.2. The Morgan fingerprint density at radius 1 is 1.04 bits per heavy atom. The SMILES string of the molecule is CCCCN(CCCC)CCNS(=O)(=O)c1ccc(C#N)cc1. The first kappa shape index (κ1) is 19.6. The Kier molecular flexibility index (Phi) is 8.85. The molecule has 0 amide bonds. The van der Waals surface area contributed by atoms with Crippen molar-refractivity contribution in [3.05, 3.63) is 29.8 Å². The summed E-state index contributed by atoms with van der Waals surface area (Å²) >= 11 is 0. The number of unbranched alkanes of at least 4 members (excludes halogenated alkanes) is 2. The second-order valence-electron chi connectivity index (χ2n) is 5.58. The molecule has 0 unspecified atom stereocenters. The molecule has 0 atom stereocenters. The van der Waals surface area contributed by atoms with Gasteiger partial charge in [0.25, 0.3) is 0 Å². The van der Waals surface area contributed by atoms with Crippen LogP contribution in [0, 0.1) is 11.3 Å². The van der Waals surface area contributed by atoms with Gasteiger partial charge in [0.15, 0.2) is 0 Å². The Morgan fingerprint density at radius 2 is 1.61 bits per heavy atom. The second kappa shape index (κ2) is 10.4. The van der Waals surface area contributed by atoms with Crippen molar-refractivity contribution >= 4 is 10.0 Å². The van der Waals surface area contributed by atoms with E-state index in [1.165, 1.54) is 24.3 Å². The number of hydrogen-bond donors (Lipinski definition) is 1. The molecular weight excluding hydrogens is 310 g/mol. The van der Waals surface area contributed by atoms with Crippen molar-refractivity contribution in [2.75, 3.05) is 26.2 Å². The lowest BCUT2D eigenvalue weighted by Gasteiger charge is -2.22. The van der Waals surface area contributed by atoms with Crippen LogP contribution < -0.4 is 4.72 Å². The van der Waals surface area contributed by atoms with Gasteiger partial charge in [-0.2, -0.15) is 5.26 Å². The van der Waals surface area contributed by atoms with Gasteiger partial charge >= 0.3 is 0 Å². The van der Waals surface area contributed by atoms with Gasteiger partial charge in [-0.1, -0.05) is 26.7 Å². The van der Waals surface area contributed by atoms with E-state index in [2.05, 4.69) is 23.5 Å². The van der Waals surface area contributed by atoms with Crippen molar-refractivity contribution in [2.45, 2.75) is 44.4 Å². The summed E-state index contributed by atoms with van der Waals surface area (Å²) in [7, 11) is -3.51. The number of nitriles is 1. The Morgan fingerprint density at radius 3 is 2.09 bits per heavy atom. The third kappa shape index (κ3) is 7.12. The van der Waals surface area contributed by atoms with E-state index in [1.807, 2.05) is 6.07 Å². The molecule has 5 nitrogen and oxygen atoms in total. The molecule has 0 heterocycles. The molecule has 0 bridgehead atoms. The molecule has 0 aromatic heterocycles. The van der Waals surface area contributed by atoms with Crippen LogP contribution in [0.4, 0.5) is 0 Å². The largest absolute Gasteiger partial charge is 0.302 e. The quantitative estimate of drug-likeness (QED) is 0.674. The molecule has 23 heavy (non-hydrogen) atoms. The van der Waals surface area contributed by atoms with E-state index >= 15 is 0 Å². The van der Waals surface area contributed by atoms with Crippen LogP contribution in [-0.2, 0) is 10.0 Å². The lowest BCUT2D eigenvalue weighted by Crippen LogP contribution is -2.36. The summed E-state index contributed by atoms with van der Waals surface area (Å²) in [5.74, 6) is 0. The molecule has 0 aliphatic carbocycles. The van der Waals surface area contributed by atoms with Gasteiger partial charge < -0.3 is 4.90 Å². The predicted octanol–water partition coefficient (Wildman–Crippen LogP) is 2.74. The first-order chi connectivity index (χ1) is 11.0. The minimum Gasteiger partial charge on any atom is -0.302 e. The van der Waals surface area contributed by atoms with Crippen molar-refractivity contribution in [2.24, 2.45) is 0 Å². The number of nitrogens with zero attached hydrogens (tertiary/aromatic N) is 2. The number of hydrogen-bond acceptors (Lipinski definition) is 4. The summed E-state index contributed by atoms with van der Waals surface area (Å²) in [6.07, 6.45) is 4.54. The maximum absolute atomic E-state index is 12.2. The zero-order chi connectivity index (χ0) is 17.1. The molecule has 0 aliphatic rings. The lowest BCUT2D eigenvalue weighted by molar-refractivity contribution is 0.269. The normalized spacial score (nSPS) is 11.6. The van der Waals surface area contributed by atoms with Gasteiger partial charge in [0, 0.05) is 13.1 Å². The summed E-state index contributed by atoms with van der Waals surface area (Å²) in [6.45, 7) is 7.45. The van der Waals surface area contributed by atoms with Gasteiger partial charge in [-0.15, -0.1) is 0 Å². The van der Waals surface area contributed by atoms with E-state index in [0.29, 0.717) is 12.1 Å². The number of benzene rings is 1. The fourth-order valence-corrected chi connectivity index (χ4v) is 3.25. The second-order valence-corrected chi connectivity index (χ2v) is 7.35. The van der Waals surface area contributed by atoms with E-state index in [4.69, 9.17) is 5.26 Å². The van der Waals surface area contributed by atoms with Gasteiger partial charge in [0.05, 0.1) is 16.5 Å². The number of rotatable bonds is 11. The molecule has 0 saturated heterocycles. The summed E-state index contributed by atoms with van der Waals surface area (Å²) < 4.78 is 27.1.